The fourth-order valence-corrected chi connectivity index (χ4v) is 3.10. The van der Waals surface area contributed by atoms with Crippen LogP contribution in [0.4, 0.5) is 4.39 Å². The van der Waals surface area contributed by atoms with Crippen molar-refractivity contribution in [2.45, 2.75) is 38.1 Å². The van der Waals surface area contributed by atoms with Gasteiger partial charge in [-0.15, -0.1) is 0 Å². The molecule has 1 aromatic carbocycles. The molecule has 17 heavy (non-hydrogen) atoms. The third kappa shape index (κ3) is 2.99. The lowest BCUT2D eigenvalue weighted by molar-refractivity contribution is 0.403. The molecule has 1 N–H and O–H groups in total. The Morgan fingerprint density at radius 3 is 2.71 bits per heavy atom. The standard InChI is InChI=1S/C14H19ClFN/c1-17-13(9-10-5-2-3-6-10)14-11(15)7-4-8-12(14)16/h4,7-8,10,13,17H,2-3,5-6,9H2,1H3. The van der Waals surface area contributed by atoms with Crippen LogP contribution < -0.4 is 5.32 Å². The second-order valence-corrected chi connectivity index (χ2v) is 5.27. The number of hydrogen-bond acceptors (Lipinski definition) is 1. The van der Waals surface area contributed by atoms with Gasteiger partial charge >= 0.3 is 0 Å². The molecule has 0 aromatic heterocycles. The van der Waals surface area contributed by atoms with Crippen LogP contribution in [0.15, 0.2) is 18.2 Å². The maximum atomic E-state index is 13.8. The predicted octanol–water partition coefficient (Wildman–Crippen LogP) is 4.32. The molecule has 0 heterocycles. The molecule has 1 unspecified atom stereocenters. The highest BCUT2D eigenvalue weighted by Gasteiger charge is 2.23. The van der Waals surface area contributed by atoms with Gasteiger partial charge < -0.3 is 5.32 Å². The highest BCUT2D eigenvalue weighted by Crippen LogP contribution is 2.35. The summed E-state index contributed by atoms with van der Waals surface area (Å²) in [5.74, 6) is 0.512. The van der Waals surface area contributed by atoms with Crippen molar-refractivity contribution >= 4 is 11.6 Å². The van der Waals surface area contributed by atoms with Gasteiger partial charge in [-0.1, -0.05) is 43.4 Å². The van der Waals surface area contributed by atoms with Crippen LogP contribution in [-0.4, -0.2) is 7.05 Å². The van der Waals surface area contributed by atoms with Crippen molar-refractivity contribution in [1.82, 2.24) is 5.32 Å². The molecule has 0 saturated heterocycles. The van der Waals surface area contributed by atoms with Crippen LogP contribution in [0.25, 0.3) is 0 Å². The van der Waals surface area contributed by atoms with Crippen LogP contribution in [0.2, 0.25) is 5.02 Å². The largest absolute Gasteiger partial charge is 0.313 e. The number of hydrogen-bond donors (Lipinski definition) is 1. The maximum Gasteiger partial charge on any atom is 0.129 e. The Labute approximate surface area is 107 Å². The molecular formula is C14H19ClFN. The van der Waals surface area contributed by atoms with E-state index in [1.807, 2.05) is 7.05 Å². The topological polar surface area (TPSA) is 12.0 Å². The lowest BCUT2D eigenvalue weighted by Gasteiger charge is -2.22. The molecule has 94 valence electrons. The summed E-state index contributed by atoms with van der Waals surface area (Å²) in [5, 5.41) is 3.73. The Balaban J connectivity index is 2.16. The molecule has 0 spiro atoms. The zero-order valence-corrected chi connectivity index (χ0v) is 10.9. The van der Waals surface area contributed by atoms with E-state index in [0.717, 1.165) is 6.42 Å². The minimum Gasteiger partial charge on any atom is -0.313 e. The second-order valence-electron chi connectivity index (χ2n) is 4.86. The molecule has 2 rings (SSSR count). The Hall–Kier alpha value is -0.600. The van der Waals surface area contributed by atoms with E-state index in [-0.39, 0.29) is 11.9 Å². The molecule has 0 aliphatic heterocycles. The monoisotopic (exact) mass is 255 g/mol. The summed E-state index contributed by atoms with van der Waals surface area (Å²) < 4.78 is 13.8. The Morgan fingerprint density at radius 2 is 2.12 bits per heavy atom. The summed E-state index contributed by atoms with van der Waals surface area (Å²) in [6, 6.07) is 4.94. The number of nitrogens with one attached hydrogen (secondary N) is 1. The van der Waals surface area contributed by atoms with Crippen LogP contribution in [0.5, 0.6) is 0 Å². The van der Waals surface area contributed by atoms with E-state index < -0.39 is 0 Å². The summed E-state index contributed by atoms with van der Waals surface area (Å²) >= 11 is 6.11. The zero-order chi connectivity index (χ0) is 12.3. The molecule has 0 radical (unpaired) electrons. The predicted molar refractivity (Wildman–Crippen MR) is 69.8 cm³/mol. The first kappa shape index (κ1) is 12.8. The van der Waals surface area contributed by atoms with E-state index >= 15 is 0 Å². The van der Waals surface area contributed by atoms with Gasteiger partial charge in [0.1, 0.15) is 5.82 Å². The Bertz CT molecular complexity index is 354. The average Bonchev–Trinajstić information content (AvgIpc) is 2.80. The molecule has 1 aromatic rings. The first-order chi connectivity index (χ1) is 8.22. The van der Waals surface area contributed by atoms with E-state index in [4.69, 9.17) is 11.6 Å². The van der Waals surface area contributed by atoms with E-state index in [1.54, 1.807) is 12.1 Å². The minimum atomic E-state index is -0.199. The van der Waals surface area contributed by atoms with E-state index in [1.165, 1.54) is 31.7 Å². The fourth-order valence-electron chi connectivity index (χ4n) is 2.80. The van der Waals surface area contributed by atoms with Gasteiger partial charge in [0.25, 0.3) is 0 Å². The van der Waals surface area contributed by atoms with Crippen molar-refractivity contribution in [3.63, 3.8) is 0 Å². The highest BCUT2D eigenvalue weighted by molar-refractivity contribution is 6.31. The van der Waals surface area contributed by atoms with Crippen molar-refractivity contribution in [3.05, 3.63) is 34.6 Å². The average molecular weight is 256 g/mol. The molecule has 0 amide bonds. The summed E-state index contributed by atoms with van der Waals surface area (Å²) in [6.07, 6.45) is 6.14. The first-order valence-electron chi connectivity index (χ1n) is 6.33. The molecule has 1 aliphatic carbocycles. The minimum absolute atomic E-state index is 0.0341. The molecule has 1 aliphatic rings. The van der Waals surface area contributed by atoms with E-state index in [9.17, 15) is 4.39 Å². The lowest BCUT2D eigenvalue weighted by Crippen LogP contribution is -2.20. The first-order valence-corrected chi connectivity index (χ1v) is 6.71. The van der Waals surface area contributed by atoms with Gasteiger partial charge in [-0.2, -0.15) is 0 Å². The maximum absolute atomic E-state index is 13.8. The van der Waals surface area contributed by atoms with E-state index in [0.29, 0.717) is 16.5 Å². The lowest BCUT2D eigenvalue weighted by atomic mass is 9.93. The normalized spacial score (nSPS) is 18.5. The summed E-state index contributed by atoms with van der Waals surface area (Å²) in [5.41, 5.74) is 0.628. The van der Waals surface area contributed by atoms with E-state index in [2.05, 4.69) is 5.32 Å². The van der Waals surface area contributed by atoms with Crippen LogP contribution in [-0.2, 0) is 0 Å². The van der Waals surface area contributed by atoms with Gasteiger partial charge in [0, 0.05) is 16.6 Å². The van der Waals surface area contributed by atoms with Gasteiger partial charge in [-0.3, -0.25) is 0 Å². The smallest absolute Gasteiger partial charge is 0.129 e. The molecule has 1 nitrogen and oxygen atoms in total. The van der Waals surface area contributed by atoms with Crippen LogP contribution in [0.1, 0.15) is 43.7 Å². The quantitative estimate of drug-likeness (QED) is 0.845. The SMILES string of the molecule is CNC(CC1CCCC1)c1c(F)cccc1Cl. The Kier molecular flexibility index (Phi) is 4.41. The number of halogens is 2. The third-order valence-corrected chi connectivity index (χ3v) is 4.07. The zero-order valence-electron chi connectivity index (χ0n) is 10.2. The van der Waals surface area contributed by atoms with Crippen molar-refractivity contribution in [3.8, 4) is 0 Å². The Morgan fingerprint density at radius 1 is 1.41 bits per heavy atom. The molecule has 1 saturated carbocycles. The van der Waals surface area contributed by atoms with Crippen LogP contribution >= 0.6 is 11.6 Å². The number of rotatable bonds is 4. The van der Waals surface area contributed by atoms with Crippen LogP contribution in [0.3, 0.4) is 0 Å². The molecule has 1 atom stereocenters. The number of benzene rings is 1. The molecule has 0 bridgehead atoms. The third-order valence-electron chi connectivity index (χ3n) is 3.74. The highest BCUT2D eigenvalue weighted by atomic mass is 35.5. The summed E-state index contributed by atoms with van der Waals surface area (Å²) in [6.45, 7) is 0. The van der Waals surface area contributed by atoms with Gasteiger partial charge in [-0.25, -0.2) is 4.39 Å². The molecular weight excluding hydrogens is 237 g/mol. The molecule has 3 heteroatoms. The second kappa shape index (κ2) is 5.83. The molecule has 1 fully saturated rings. The van der Waals surface area contributed by atoms with Crippen molar-refractivity contribution < 1.29 is 4.39 Å². The van der Waals surface area contributed by atoms with Crippen LogP contribution in [0, 0.1) is 11.7 Å². The van der Waals surface area contributed by atoms with Crippen molar-refractivity contribution in [2.24, 2.45) is 5.92 Å². The fraction of sp³-hybridized carbons (Fsp3) is 0.571. The summed E-state index contributed by atoms with van der Waals surface area (Å²) in [7, 11) is 1.88. The summed E-state index contributed by atoms with van der Waals surface area (Å²) in [4.78, 5) is 0. The van der Waals surface area contributed by atoms with Crippen molar-refractivity contribution in [1.29, 1.82) is 0 Å². The van der Waals surface area contributed by atoms with Crippen molar-refractivity contribution in [2.75, 3.05) is 7.05 Å². The van der Waals surface area contributed by atoms with Gasteiger partial charge in [0.15, 0.2) is 0 Å². The van der Waals surface area contributed by atoms with Gasteiger partial charge in [0.2, 0.25) is 0 Å². The van der Waals surface area contributed by atoms with Gasteiger partial charge in [0.05, 0.1) is 0 Å². The van der Waals surface area contributed by atoms with Gasteiger partial charge in [-0.05, 0) is 31.5 Å².